The predicted molar refractivity (Wildman–Crippen MR) is 77.9 cm³/mol. The molecule has 0 aromatic heterocycles. The van der Waals surface area contributed by atoms with E-state index in [1.807, 2.05) is 6.92 Å². The van der Waals surface area contributed by atoms with Crippen molar-refractivity contribution in [3.8, 4) is 0 Å². The zero-order chi connectivity index (χ0) is 14.5. The lowest BCUT2D eigenvalue weighted by Gasteiger charge is -2.39. The first kappa shape index (κ1) is 16.4. The Morgan fingerprint density at radius 3 is 2.37 bits per heavy atom. The lowest BCUT2D eigenvalue weighted by Crippen LogP contribution is -2.54. The second kappa shape index (κ2) is 7.25. The number of amides is 1. The molecule has 3 N–H and O–H groups in total. The van der Waals surface area contributed by atoms with Crippen molar-refractivity contribution in [1.29, 1.82) is 0 Å². The maximum absolute atomic E-state index is 11.9. The largest absolute Gasteiger partial charge is 0.394 e. The monoisotopic (exact) mass is 270 g/mol. The first-order valence-electron chi connectivity index (χ1n) is 7.54. The summed E-state index contributed by atoms with van der Waals surface area (Å²) < 4.78 is 0. The van der Waals surface area contributed by atoms with E-state index in [9.17, 15) is 9.90 Å². The molecule has 0 aromatic carbocycles. The van der Waals surface area contributed by atoms with Crippen LogP contribution in [0.1, 0.15) is 53.4 Å². The molecule has 0 spiro atoms. The molecule has 112 valence electrons. The summed E-state index contributed by atoms with van der Waals surface area (Å²) in [5.41, 5.74) is -0.245. The molecule has 4 heteroatoms. The van der Waals surface area contributed by atoms with Crippen molar-refractivity contribution >= 4 is 5.91 Å². The van der Waals surface area contributed by atoms with Crippen LogP contribution in [0.2, 0.25) is 0 Å². The Balaban J connectivity index is 2.39. The minimum absolute atomic E-state index is 0.0210. The van der Waals surface area contributed by atoms with Crippen molar-refractivity contribution in [3.05, 3.63) is 0 Å². The van der Waals surface area contributed by atoms with Gasteiger partial charge in [-0.1, -0.05) is 20.8 Å². The van der Waals surface area contributed by atoms with E-state index < -0.39 is 0 Å². The van der Waals surface area contributed by atoms with Gasteiger partial charge in [0.1, 0.15) is 0 Å². The van der Waals surface area contributed by atoms with E-state index in [0.29, 0.717) is 12.5 Å². The Kier molecular flexibility index (Phi) is 6.27. The van der Waals surface area contributed by atoms with Gasteiger partial charge in [-0.15, -0.1) is 0 Å². The van der Waals surface area contributed by atoms with Crippen LogP contribution in [0.15, 0.2) is 0 Å². The van der Waals surface area contributed by atoms with Gasteiger partial charge >= 0.3 is 0 Å². The van der Waals surface area contributed by atoms with Crippen LogP contribution in [-0.4, -0.2) is 35.7 Å². The summed E-state index contributed by atoms with van der Waals surface area (Å²) in [7, 11) is 0. The van der Waals surface area contributed by atoms with Gasteiger partial charge in [-0.05, 0) is 44.4 Å². The number of nitrogens with one attached hydrogen (secondary N) is 2. The summed E-state index contributed by atoms with van der Waals surface area (Å²) in [6.45, 7) is 8.87. The average molecular weight is 270 g/mol. The fourth-order valence-electron chi connectivity index (χ4n) is 2.44. The second-order valence-electron chi connectivity index (χ2n) is 6.57. The third-order valence-electron chi connectivity index (χ3n) is 4.55. The highest BCUT2D eigenvalue weighted by Gasteiger charge is 2.33. The van der Waals surface area contributed by atoms with Crippen molar-refractivity contribution < 1.29 is 9.90 Å². The number of carbonyl (C=O) groups excluding carboxylic acids is 1. The molecule has 1 atom stereocenters. The molecule has 0 heterocycles. The number of aliphatic hydroxyl groups excluding tert-OH is 1. The van der Waals surface area contributed by atoms with E-state index >= 15 is 0 Å². The number of aliphatic hydroxyl groups is 1. The van der Waals surface area contributed by atoms with E-state index in [1.165, 1.54) is 0 Å². The molecule has 1 aliphatic carbocycles. The van der Waals surface area contributed by atoms with Gasteiger partial charge < -0.3 is 15.7 Å². The zero-order valence-electron chi connectivity index (χ0n) is 12.8. The molecule has 1 saturated carbocycles. The van der Waals surface area contributed by atoms with Crippen LogP contribution in [0.4, 0.5) is 0 Å². The number of carbonyl (C=O) groups is 1. The Bertz CT molecular complexity index is 284. The fourth-order valence-corrected chi connectivity index (χ4v) is 2.44. The molecule has 1 unspecified atom stereocenters. The average Bonchev–Trinajstić information content (AvgIpc) is 2.38. The Labute approximate surface area is 117 Å². The Morgan fingerprint density at radius 1 is 1.32 bits per heavy atom. The van der Waals surface area contributed by atoms with Gasteiger partial charge in [-0.2, -0.15) is 0 Å². The smallest absolute Gasteiger partial charge is 0.234 e. The molecule has 19 heavy (non-hydrogen) atoms. The van der Waals surface area contributed by atoms with E-state index in [4.69, 9.17) is 0 Å². The van der Waals surface area contributed by atoms with Gasteiger partial charge in [0.05, 0.1) is 13.2 Å². The molecule has 1 aliphatic rings. The highest BCUT2D eigenvalue weighted by atomic mass is 16.3. The number of hydrogen-bond donors (Lipinski definition) is 3. The van der Waals surface area contributed by atoms with Crippen molar-refractivity contribution in [1.82, 2.24) is 10.6 Å². The minimum atomic E-state index is -0.245. The fraction of sp³-hybridized carbons (Fsp3) is 0.933. The molecule has 1 fully saturated rings. The molecule has 0 aromatic rings. The maximum atomic E-state index is 11.9. The highest BCUT2D eigenvalue weighted by Crippen LogP contribution is 2.31. The van der Waals surface area contributed by atoms with Crippen LogP contribution in [0.25, 0.3) is 0 Å². The van der Waals surface area contributed by atoms with Crippen LogP contribution in [0, 0.1) is 11.8 Å². The molecule has 0 aliphatic heterocycles. The number of rotatable bonds is 6. The Hall–Kier alpha value is -0.610. The van der Waals surface area contributed by atoms with E-state index in [-0.39, 0.29) is 24.1 Å². The first-order chi connectivity index (χ1) is 8.88. The van der Waals surface area contributed by atoms with Gasteiger partial charge in [0, 0.05) is 11.6 Å². The second-order valence-corrected chi connectivity index (χ2v) is 6.57. The summed E-state index contributed by atoms with van der Waals surface area (Å²) in [5.74, 6) is 1.19. The SMILES string of the molecule is CC1CCC(CO)(NCC(=O)NC(C)C(C)C)CC1. The quantitative estimate of drug-likeness (QED) is 0.688. The molecular weight excluding hydrogens is 240 g/mol. The predicted octanol–water partition coefficient (Wildman–Crippen LogP) is 1.68. The molecular formula is C15H30N2O2. The maximum Gasteiger partial charge on any atom is 0.234 e. The van der Waals surface area contributed by atoms with Crippen molar-refractivity contribution in [2.45, 2.75) is 65.0 Å². The van der Waals surface area contributed by atoms with Crippen LogP contribution < -0.4 is 10.6 Å². The van der Waals surface area contributed by atoms with E-state index in [1.54, 1.807) is 0 Å². The van der Waals surface area contributed by atoms with E-state index in [0.717, 1.165) is 31.6 Å². The van der Waals surface area contributed by atoms with Crippen LogP contribution >= 0.6 is 0 Å². The summed E-state index contributed by atoms with van der Waals surface area (Å²) >= 11 is 0. The third-order valence-corrected chi connectivity index (χ3v) is 4.55. The molecule has 0 bridgehead atoms. The van der Waals surface area contributed by atoms with Crippen LogP contribution in [0.5, 0.6) is 0 Å². The number of hydrogen-bond acceptors (Lipinski definition) is 3. The van der Waals surface area contributed by atoms with Crippen molar-refractivity contribution in [3.63, 3.8) is 0 Å². The van der Waals surface area contributed by atoms with E-state index in [2.05, 4.69) is 31.4 Å². The summed E-state index contributed by atoms with van der Waals surface area (Å²) in [6, 6.07) is 0.186. The molecule has 0 radical (unpaired) electrons. The molecule has 0 saturated heterocycles. The van der Waals surface area contributed by atoms with Gasteiger partial charge in [0.15, 0.2) is 0 Å². The normalized spacial score (nSPS) is 29.3. The van der Waals surface area contributed by atoms with Gasteiger partial charge in [0.2, 0.25) is 5.91 Å². The summed E-state index contributed by atoms with van der Waals surface area (Å²) in [6.07, 6.45) is 4.16. The van der Waals surface area contributed by atoms with Gasteiger partial charge in [-0.3, -0.25) is 4.79 Å². The third kappa shape index (κ3) is 5.11. The van der Waals surface area contributed by atoms with Gasteiger partial charge in [0.25, 0.3) is 0 Å². The molecule has 1 rings (SSSR count). The topological polar surface area (TPSA) is 61.4 Å². The van der Waals surface area contributed by atoms with Crippen molar-refractivity contribution in [2.24, 2.45) is 11.8 Å². The highest BCUT2D eigenvalue weighted by molar-refractivity contribution is 5.78. The minimum Gasteiger partial charge on any atom is -0.394 e. The molecule has 1 amide bonds. The van der Waals surface area contributed by atoms with Crippen molar-refractivity contribution in [2.75, 3.05) is 13.2 Å². The zero-order valence-corrected chi connectivity index (χ0v) is 12.8. The van der Waals surface area contributed by atoms with Gasteiger partial charge in [-0.25, -0.2) is 0 Å². The lowest BCUT2D eigenvalue weighted by atomic mass is 9.77. The Morgan fingerprint density at radius 2 is 1.89 bits per heavy atom. The lowest BCUT2D eigenvalue weighted by molar-refractivity contribution is -0.121. The summed E-state index contributed by atoms with van der Waals surface area (Å²) in [5, 5.41) is 15.9. The molecule has 4 nitrogen and oxygen atoms in total. The van der Waals surface area contributed by atoms with Crippen LogP contribution in [-0.2, 0) is 4.79 Å². The van der Waals surface area contributed by atoms with Crippen LogP contribution in [0.3, 0.4) is 0 Å². The first-order valence-corrected chi connectivity index (χ1v) is 7.54. The standard InChI is InChI=1S/C15H30N2O2/c1-11(2)13(4)17-14(19)9-16-15(10-18)7-5-12(3)6-8-15/h11-13,16,18H,5-10H2,1-4H3,(H,17,19). The summed E-state index contributed by atoms with van der Waals surface area (Å²) in [4.78, 5) is 11.9.